The van der Waals surface area contributed by atoms with Gasteiger partial charge in [0.15, 0.2) is 0 Å². The average molecular weight is 226 g/mol. The number of ether oxygens (including phenoxy) is 1. The van der Waals surface area contributed by atoms with Crippen LogP contribution in [0.15, 0.2) is 48.5 Å². The van der Waals surface area contributed by atoms with Crippen LogP contribution in [0.3, 0.4) is 0 Å². The molecule has 0 amide bonds. The lowest BCUT2D eigenvalue weighted by Crippen LogP contribution is -1.95. The SMILES string of the molecule is CCc1cccc(CC)c1Oc1ccccc1. The molecule has 2 aromatic rings. The Bertz CT molecular complexity index is 452. The first-order valence-electron chi connectivity index (χ1n) is 6.18. The summed E-state index contributed by atoms with van der Waals surface area (Å²) in [4.78, 5) is 0. The molecule has 1 heteroatoms. The highest BCUT2D eigenvalue weighted by atomic mass is 16.5. The van der Waals surface area contributed by atoms with Crippen LogP contribution in [0, 0.1) is 0 Å². The molecule has 17 heavy (non-hydrogen) atoms. The maximum atomic E-state index is 6.02. The van der Waals surface area contributed by atoms with Gasteiger partial charge >= 0.3 is 0 Å². The van der Waals surface area contributed by atoms with Gasteiger partial charge in [0.05, 0.1) is 0 Å². The molecule has 0 aromatic heterocycles. The summed E-state index contributed by atoms with van der Waals surface area (Å²) in [5.41, 5.74) is 2.54. The van der Waals surface area contributed by atoms with E-state index in [2.05, 4.69) is 32.0 Å². The average Bonchev–Trinajstić information content (AvgIpc) is 2.40. The van der Waals surface area contributed by atoms with Gasteiger partial charge in [0.2, 0.25) is 0 Å². The van der Waals surface area contributed by atoms with E-state index >= 15 is 0 Å². The van der Waals surface area contributed by atoms with Crippen molar-refractivity contribution in [3.05, 3.63) is 59.7 Å². The minimum Gasteiger partial charge on any atom is -0.457 e. The van der Waals surface area contributed by atoms with Gasteiger partial charge in [-0.3, -0.25) is 0 Å². The topological polar surface area (TPSA) is 9.23 Å². The van der Waals surface area contributed by atoms with Crippen LogP contribution in [-0.2, 0) is 12.8 Å². The largest absolute Gasteiger partial charge is 0.457 e. The molecule has 0 spiro atoms. The zero-order chi connectivity index (χ0) is 12.1. The summed E-state index contributed by atoms with van der Waals surface area (Å²) >= 11 is 0. The Morgan fingerprint density at radius 2 is 1.35 bits per heavy atom. The monoisotopic (exact) mass is 226 g/mol. The van der Waals surface area contributed by atoms with E-state index in [1.807, 2.05) is 30.3 Å². The van der Waals surface area contributed by atoms with Gasteiger partial charge < -0.3 is 4.74 Å². The van der Waals surface area contributed by atoms with E-state index in [1.54, 1.807) is 0 Å². The summed E-state index contributed by atoms with van der Waals surface area (Å²) in [5.74, 6) is 1.94. The Balaban J connectivity index is 2.37. The first-order valence-corrected chi connectivity index (χ1v) is 6.18. The van der Waals surface area contributed by atoms with Gasteiger partial charge in [-0.15, -0.1) is 0 Å². The molecule has 0 heterocycles. The van der Waals surface area contributed by atoms with E-state index in [0.717, 1.165) is 24.3 Å². The van der Waals surface area contributed by atoms with Gasteiger partial charge in [-0.2, -0.15) is 0 Å². The molecule has 0 bridgehead atoms. The third kappa shape index (κ3) is 2.68. The molecule has 0 saturated heterocycles. The first-order chi connectivity index (χ1) is 8.35. The Labute approximate surface area is 103 Å². The van der Waals surface area contributed by atoms with Crippen LogP contribution in [0.25, 0.3) is 0 Å². The van der Waals surface area contributed by atoms with E-state index in [4.69, 9.17) is 4.74 Å². The van der Waals surface area contributed by atoms with E-state index in [-0.39, 0.29) is 0 Å². The van der Waals surface area contributed by atoms with Crippen molar-refractivity contribution in [3.8, 4) is 11.5 Å². The minimum atomic E-state index is 0.906. The predicted octanol–water partition coefficient (Wildman–Crippen LogP) is 4.60. The summed E-state index contributed by atoms with van der Waals surface area (Å²) in [5, 5.41) is 0. The van der Waals surface area contributed by atoms with Gasteiger partial charge in [0.1, 0.15) is 11.5 Å². The summed E-state index contributed by atoms with van der Waals surface area (Å²) < 4.78 is 6.02. The lowest BCUT2D eigenvalue weighted by Gasteiger charge is -2.14. The number of rotatable bonds is 4. The molecule has 0 N–H and O–H groups in total. The van der Waals surface area contributed by atoms with Crippen molar-refractivity contribution in [2.45, 2.75) is 26.7 Å². The second-order valence-electron chi connectivity index (χ2n) is 4.03. The normalized spacial score (nSPS) is 10.2. The van der Waals surface area contributed by atoms with Gasteiger partial charge in [-0.1, -0.05) is 50.2 Å². The molecule has 0 atom stereocenters. The van der Waals surface area contributed by atoms with Crippen LogP contribution in [0.4, 0.5) is 0 Å². The summed E-state index contributed by atoms with van der Waals surface area (Å²) in [6.45, 7) is 4.32. The molecule has 2 aromatic carbocycles. The highest BCUT2D eigenvalue weighted by molar-refractivity contribution is 5.44. The zero-order valence-electron chi connectivity index (χ0n) is 10.4. The molecule has 0 radical (unpaired) electrons. The molecular formula is C16H18O. The van der Waals surface area contributed by atoms with Crippen LogP contribution >= 0.6 is 0 Å². The number of benzene rings is 2. The Morgan fingerprint density at radius 1 is 0.765 bits per heavy atom. The Hall–Kier alpha value is -1.76. The molecule has 0 unspecified atom stereocenters. The third-order valence-corrected chi connectivity index (χ3v) is 2.90. The second kappa shape index (κ2) is 5.53. The van der Waals surface area contributed by atoms with Crippen LogP contribution in [0.5, 0.6) is 11.5 Å². The maximum absolute atomic E-state index is 6.02. The molecule has 0 saturated carbocycles. The summed E-state index contributed by atoms with van der Waals surface area (Å²) in [6.07, 6.45) is 1.99. The maximum Gasteiger partial charge on any atom is 0.133 e. The Morgan fingerprint density at radius 3 is 1.88 bits per heavy atom. The molecular weight excluding hydrogens is 208 g/mol. The highest BCUT2D eigenvalue weighted by Gasteiger charge is 2.08. The van der Waals surface area contributed by atoms with Gasteiger partial charge in [0.25, 0.3) is 0 Å². The number of hydrogen-bond donors (Lipinski definition) is 0. The van der Waals surface area contributed by atoms with Crippen LogP contribution in [-0.4, -0.2) is 0 Å². The van der Waals surface area contributed by atoms with Crippen LogP contribution in [0.1, 0.15) is 25.0 Å². The van der Waals surface area contributed by atoms with Gasteiger partial charge in [0, 0.05) is 0 Å². The van der Waals surface area contributed by atoms with Gasteiger partial charge in [-0.05, 0) is 36.1 Å². The van der Waals surface area contributed by atoms with Crippen LogP contribution in [0.2, 0.25) is 0 Å². The van der Waals surface area contributed by atoms with Crippen molar-refractivity contribution in [1.82, 2.24) is 0 Å². The zero-order valence-corrected chi connectivity index (χ0v) is 10.4. The fraction of sp³-hybridized carbons (Fsp3) is 0.250. The van der Waals surface area contributed by atoms with Crippen molar-refractivity contribution in [1.29, 1.82) is 0 Å². The van der Waals surface area contributed by atoms with Crippen molar-refractivity contribution in [2.24, 2.45) is 0 Å². The standard InChI is InChI=1S/C16H18O/c1-3-13-9-8-10-14(4-2)16(13)17-15-11-6-5-7-12-15/h5-12H,3-4H2,1-2H3. The smallest absolute Gasteiger partial charge is 0.133 e. The fourth-order valence-corrected chi connectivity index (χ4v) is 1.93. The molecule has 0 aliphatic carbocycles. The predicted molar refractivity (Wildman–Crippen MR) is 71.7 cm³/mol. The summed E-state index contributed by atoms with van der Waals surface area (Å²) in [7, 11) is 0. The molecule has 0 aliphatic rings. The van der Waals surface area contributed by atoms with E-state index < -0.39 is 0 Å². The summed E-state index contributed by atoms with van der Waals surface area (Å²) in [6, 6.07) is 16.4. The van der Waals surface area contributed by atoms with Gasteiger partial charge in [-0.25, -0.2) is 0 Å². The highest BCUT2D eigenvalue weighted by Crippen LogP contribution is 2.30. The van der Waals surface area contributed by atoms with E-state index in [0.29, 0.717) is 0 Å². The Kier molecular flexibility index (Phi) is 3.81. The van der Waals surface area contributed by atoms with Crippen molar-refractivity contribution >= 4 is 0 Å². The lowest BCUT2D eigenvalue weighted by atomic mass is 10.0. The molecule has 2 rings (SSSR count). The van der Waals surface area contributed by atoms with Crippen molar-refractivity contribution in [3.63, 3.8) is 0 Å². The first kappa shape index (κ1) is 11.7. The molecule has 0 fully saturated rings. The van der Waals surface area contributed by atoms with Crippen molar-refractivity contribution in [2.75, 3.05) is 0 Å². The van der Waals surface area contributed by atoms with E-state index in [9.17, 15) is 0 Å². The quantitative estimate of drug-likeness (QED) is 0.740. The lowest BCUT2D eigenvalue weighted by molar-refractivity contribution is 0.471. The minimum absolute atomic E-state index is 0.906. The van der Waals surface area contributed by atoms with E-state index in [1.165, 1.54) is 11.1 Å². The fourth-order valence-electron chi connectivity index (χ4n) is 1.93. The molecule has 88 valence electrons. The molecule has 0 aliphatic heterocycles. The second-order valence-corrected chi connectivity index (χ2v) is 4.03. The van der Waals surface area contributed by atoms with Crippen LogP contribution < -0.4 is 4.74 Å². The molecule has 1 nitrogen and oxygen atoms in total. The van der Waals surface area contributed by atoms with Crippen molar-refractivity contribution < 1.29 is 4.74 Å². The number of aryl methyl sites for hydroxylation is 2. The third-order valence-electron chi connectivity index (χ3n) is 2.90. The number of hydrogen-bond acceptors (Lipinski definition) is 1. The number of para-hydroxylation sites is 2.